The van der Waals surface area contributed by atoms with Crippen LogP contribution in [0, 0.1) is 28.1 Å². The largest absolute Gasteiger partial charge is 0.339 e. The number of allylic oxidation sites excluding steroid dienone is 2. The minimum Gasteiger partial charge on any atom is -0.339 e. The fourth-order valence-electron chi connectivity index (χ4n) is 4.49. The Hall–Kier alpha value is -4.22. The minimum absolute atomic E-state index is 0.00205. The van der Waals surface area contributed by atoms with Gasteiger partial charge in [0.25, 0.3) is 0 Å². The number of likely N-dealkylation sites (tertiary alicyclic amines) is 1. The van der Waals surface area contributed by atoms with Gasteiger partial charge in [0, 0.05) is 29.7 Å². The number of nitriles is 2. The molecule has 1 heterocycles. The molecule has 2 aromatic rings. The summed E-state index contributed by atoms with van der Waals surface area (Å²) in [7, 11) is 0. The fourth-order valence-corrected chi connectivity index (χ4v) is 4.49. The van der Waals surface area contributed by atoms with Crippen LogP contribution in [-0.4, -0.2) is 29.7 Å². The third-order valence-electron chi connectivity index (χ3n) is 6.33. The molecule has 0 radical (unpaired) electrons. The minimum atomic E-state index is -0.420. The number of nitrogens with zero attached hydrogens (tertiary/aromatic N) is 3. The van der Waals surface area contributed by atoms with Gasteiger partial charge in [0.15, 0.2) is 5.78 Å². The summed E-state index contributed by atoms with van der Waals surface area (Å²) < 4.78 is 0. The first-order chi connectivity index (χ1) is 15.5. The van der Waals surface area contributed by atoms with Crippen molar-refractivity contribution in [3.05, 3.63) is 94.6 Å². The number of carbonyl (C=O) groups excluding carboxylic acids is 2. The summed E-state index contributed by atoms with van der Waals surface area (Å²) in [4.78, 5) is 27.1. The van der Waals surface area contributed by atoms with E-state index in [0.717, 1.165) is 22.3 Å². The van der Waals surface area contributed by atoms with Crippen LogP contribution in [0.2, 0.25) is 0 Å². The van der Waals surface area contributed by atoms with Crippen LogP contribution in [0.5, 0.6) is 0 Å². The summed E-state index contributed by atoms with van der Waals surface area (Å²) >= 11 is 0. The Morgan fingerprint density at radius 2 is 1.31 bits per heavy atom. The second-order valence-corrected chi connectivity index (χ2v) is 8.02. The Kier molecular flexibility index (Phi) is 5.58. The third kappa shape index (κ3) is 3.66. The zero-order valence-corrected chi connectivity index (χ0v) is 17.5. The van der Waals surface area contributed by atoms with Crippen LogP contribution in [0.1, 0.15) is 35.1 Å². The number of ketones is 1. The van der Waals surface area contributed by atoms with Crippen molar-refractivity contribution in [1.82, 2.24) is 4.90 Å². The van der Waals surface area contributed by atoms with E-state index in [9.17, 15) is 9.59 Å². The molecule has 0 aromatic heterocycles. The molecule has 1 aliphatic heterocycles. The number of piperidine rings is 1. The average Bonchev–Trinajstić information content (AvgIpc) is 2.86. The van der Waals surface area contributed by atoms with Crippen molar-refractivity contribution in [2.75, 3.05) is 13.1 Å². The molecule has 0 N–H and O–H groups in total. The van der Waals surface area contributed by atoms with Gasteiger partial charge in [-0.1, -0.05) is 30.8 Å². The van der Waals surface area contributed by atoms with Gasteiger partial charge in [0.2, 0.25) is 5.91 Å². The van der Waals surface area contributed by atoms with Crippen molar-refractivity contribution in [3.63, 3.8) is 0 Å². The van der Waals surface area contributed by atoms with Crippen LogP contribution >= 0.6 is 0 Å². The monoisotopic (exact) mass is 419 g/mol. The standard InChI is InChI=1S/C27H21N3O2/c1-2-25(31)30-13-11-27(12-14-30)23(15-19-3-7-21(17-28)8-4-19)26(32)24(27)16-20-5-9-22(18-29)10-6-20/h2-10,15-16H,1,11-14H2/b23-15-,24-16-. The predicted molar refractivity (Wildman–Crippen MR) is 122 cm³/mol. The molecule has 0 bridgehead atoms. The highest BCUT2D eigenvalue weighted by Crippen LogP contribution is 2.56. The molecule has 2 aliphatic rings. The Morgan fingerprint density at radius 1 is 0.875 bits per heavy atom. The van der Waals surface area contributed by atoms with Gasteiger partial charge in [-0.05, 0) is 66.5 Å². The zero-order chi connectivity index (χ0) is 22.7. The van der Waals surface area contributed by atoms with Crippen molar-refractivity contribution < 1.29 is 9.59 Å². The first-order valence-corrected chi connectivity index (χ1v) is 10.4. The molecule has 32 heavy (non-hydrogen) atoms. The van der Waals surface area contributed by atoms with E-state index >= 15 is 0 Å². The fraction of sp³-hybridized carbons (Fsp3) is 0.185. The number of Topliss-reactive ketones (excluding diaryl/α,β-unsaturated/α-hetero) is 1. The summed E-state index contributed by atoms with van der Waals surface area (Å²) in [6.45, 7) is 4.67. The molecule has 1 amide bonds. The number of carbonyl (C=O) groups is 2. The highest BCUT2D eigenvalue weighted by Gasteiger charge is 2.54. The van der Waals surface area contributed by atoms with Crippen molar-refractivity contribution in [1.29, 1.82) is 10.5 Å². The van der Waals surface area contributed by atoms with Gasteiger partial charge in [-0.15, -0.1) is 0 Å². The summed E-state index contributed by atoms with van der Waals surface area (Å²) in [6.07, 6.45) is 6.45. The highest BCUT2D eigenvalue weighted by atomic mass is 16.2. The van der Waals surface area contributed by atoms with Crippen LogP contribution in [0.4, 0.5) is 0 Å². The molecule has 4 rings (SSSR count). The van der Waals surface area contributed by atoms with E-state index in [1.54, 1.807) is 29.2 Å². The smallest absolute Gasteiger partial charge is 0.245 e. The summed E-state index contributed by atoms with van der Waals surface area (Å²) in [6, 6.07) is 18.5. The maximum atomic E-state index is 13.2. The quantitative estimate of drug-likeness (QED) is 0.695. The molecular weight excluding hydrogens is 398 g/mol. The van der Waals surface area contributed by atoms with E-state index in [0.29, 0.717) is 37.1 Å². The summed E-state index contributed by atoms with van der Waals surface area (Å²) in [5, 5.41) is 18.0. The highest BCUT2D eigenvalue weighted by molar-refractivity contribution is 6.23. The maximum Gasteiger partial charge on any atom is 0.245 e. The van der Waals surface area contributed by atoms with Gasteiger partial charge < -0.3 is 4.90 Å². The molecule has 1 saturated carbocycles. The molecule has 156 valence electrons. The third-order valence-corrected chi connectivity index (χ3v) is 6.33. The summed E-state index contributed by atoms with van der Waals surface area (Å²) in [5.41, 5.74) is 3.94. The number of rotatable bonds is 3. The first kappa shape index (κ1) is 21.0. The Morgan fingerprint density at radius 3 is 1.69 bits per heavy atom. The molecule has 5 heteroatoms. The second kappa shape index (κ2) is 8.49. The second-order valence-electron chi connectivity index (χ2n) is 8.02. The number of benzene rings is 2. The average molecular weight is 419 g/mol. The number of hydrogen-bond donors (Lipinski definition) is 0. The lowest BCUT2D eigenvalue weighted by Crippen LogP contribution is -2.52. The van der Waals surface area contributed by atoms with Gasteiger partial charge >= 0.3 is 0 Å². The Balaban J connectivity index is 1.71. The molecule has 5 nitrogen and oxygen atoms in total. The molecule has 2 aromatic carbocycles. The SMILES string of the molecule is C=CC(=O)N1CCC2(CC1)/C(=C\c1ccc(C#N)cc1)C(=O)/C2=C/c1ccc(C#N)cc1. The van der Waals surface area contributed by atoms with E-state index in [4.69, 9.17) is 10.5 Å². The normalized spacial score (nSPS) is 19.3. The predicted octanol–water partition coefficient (Wildman–Crippen LogP) is 4.27. The lowest BCUT2D eigenvalue weighted by atomic mass is 9.54. The van der Waals surface area contributed by atoms with E-state index in [-0.39, 0.29) is 11.7 Å². The van der Waals surface area contributed by atoms with Crippen LogP contribution < -0.4 is 0 Å². The molecule has 2 fully saturated rings. The first-order valence-electron chi connectivity index (χ1n) is 10.4. The van der Waals surface area contributed by atoms with E-state index in [1.165, 1.54) is 6.08 Å². The van der Waals surface area contributed by atoms with E-state index in [1.807, 2.05) is 36.4 Å². The van der Waals surface area contributed by atoms with Crippen molar-refractivity contribution in [2.24, 2.45) is 5.41 Å². The topological polar surface area (TPSA) is 85.0 Å². The zero-order valence-electron chi connectivity index (χ0n) is 17.5. The van der Waals surface area contributed by atoms with Gasteiger partial charge in [-0.25, -0.2) is 0 Å². The van der Waals surface area contributed by atoms with Crippen molar-refractivity contribution in [3.8, 4) is 12.1 Å². The number of hydrogen-bond acceptors (Lipinski definition) is 4. The Bertz CT molecular complexity index is 1150. The molecule has 0 unspecified atom stereocenters. The molecular formula is C27H21N3O2. The lowest BCUT2D eigenvalue weighted by molar-refractivity contribution is -0.128. The van der Waals surface area contributed by atoms with E-state index < -0.39 is 5.41 Å². The number of amides is 1. The van der Waals surface area contributed by atoms with E-state index in [2.05, 4.69) is 18.7 Å². The molecule has 1 aliphatic carbocycles. The van der Waals surface area contributed by atoms with Crippen molar-refractivity contribution >= 4 is 23.8 Å². The molecule has 0 atom stereocenters. The lowest BCUT2D eigenvalue weighted by Gasteiger charge is -2.50. The van der Waals surface area contributed by atoms with Gasteiger partial charge in [0.05, 0.1) is 23.3 Å². The maximum absolute atomic E-state index is 13.2. The van der Waals surface area contributed by atoms with Gasteiger partial charge in [0.1, 0.15) is 0 Å². The van der Waals surface area contributed by atoms with Gasteiger partial charge in [-0.3, -0.25) is 9.59 Å². The van der Waals surface area contributed by atoms with Crippen LogP contribution in [0.25, 0.3) is 12.2 Å². The van der Waals surface area contributed by atoms with Crippen molar-refractivity contribution in [2.45, 2.75) is 12.8 Å². The van der Waals surface area contributed by atoms with Crippen LogP contribution in [0.15, 0.2) is 72.3 Å². The molecule has 1 spiro atoms. The van der Waals surface area contributed by atoms with Crippen LogP contribution in [-0.2, 0) is 9.59 Å². The van der Waals surface area contributed by atoms with Crippen LogP contribution in [0.3, 0.4) is 0 Å². The molecule has 1 saturated heterocycles. The summed E-state index contributed by atoms with van der Waals surface area (Å²) in [5.74, 6) is -0.0945. The Labute approximate surface area is 187 Å². The van der Waals surface area contributed by atoms with Gasteiger partial charge in [-0.2, -0.15) is 10.5 Å².